The Balaban J connectivity index is 1.78. The predicted molar refractivity (Wildman–Crippen MR) is 96.7 cm³/mol. The third kappa shape index (κ3) is 4.18. The molecule has 3 rings (SSSR count). The van der Waals surface area contributed by atoms with Gasteiger partial charge in [0.05, 0.1) is 12.8 Å². The monoisotopic (exact) mass is 361 g/mol. The minimum Gasteiger partial charge on any atom is -0.495 e. The molecular weight excluding hydrogens is 342 g/mol. The van der Waals surface area contributed by atoms with E-state index in [0.717, 1.165) is 13.1 Å². The van der Waals surface area contributed by atoms with Crippen molar-refractivity contribution >= 4 is 29.1 Å². The summed E-state index contributed by atoms with van der Waals surface area (Å²) in [6.45, 7) is 3.12. The summed E-state index contributed by atoms with van der Waals surface area (Å²) in [5.74, 6) is 0.848. The van der Waals surface area contributed by atoms with Crippen LogP contribution in [0.4, 0.5) is 11.6 Å². The zero-order chi connectivity index (χ0) is 17.8. The number of methoxy groups -OCH3 is 1. The van der Waals surface area contributed by atoms with Crippen LogP contribution in [-0.4, -0.2) is 66.0 Å². The van der Waals surface area contributed by atoms with Crippen LogP contribution in [0.1, 0.15) is 10.5 Å². The molecular formula is C17H20ClN5O2. The minimum absolute atomic E-state index is 0.0865. The number of aromatic nitrogens is 2. The van der Waals surface area contributed by atoms with E-state index in [0.29, 0.717) is 41.2 Å². The molecule has 0 spiro atoms. The molecule has 7 nitrogen and oxygen atoms in total. The first-order chi connectivity index (χ1) is 12.1. The molecule has 1 fully saturated rings. The number of carbonyl (C=O) groups excluding carboxylic acids is 1. The van der Waals surface area contributed by atoms with E-state index in [1.807, 2.05) is 11.9 Å². The lowest BCUT2D eigenvalue weighted by Gasteiger charge is -2.32. The van der Waals surface area contributed by atoms with Crippen LogP contribution in [0.5, 0.6) is 5.75 Å². The number of likely N-dealkylation sites (N-methyl/N-ethyl adjacent to an activating group) is 1. The number of hydrogen-bond donors (Lipinski definition) is 1. The van der Waals surface area contributed by atoms with Crippen LogP contribution in [0.15, 0.2) is 30.5 Å². The molecule has 1 N–H and O–H groups in total. The average Bonchev–Trinajstić information content (AvgIpc) is 2.62. The summed E-state index contributed by atoms with van der Waals surface area (Å²) in [5, 5.41) is 3.62. The van der Waals surface area contributed by atoms with Gasteiger partial charge in [0.15, 0.2) is 0 Å². The van der Waals surface area contributed by atoms with Gasteiger partial charge in [-0.1, -0.05) is 11.6 Å². The highest BCUT2D eigenvalue weighted by molar-refractivity contribution is 6.31. The Morgan fingerprint density at radius 1 is 1.24 bits per heavy atom. The van der Waals surface area contributed by atoms with Gasteiger partial charge in [0.1, 0.15) is 11.4 Å². The molecule has 0 atom stereocenters. The number of halogens is 1. The SMILES string of the molecule is COc1ccc(Cl)cc1Nc1nccc(C(=O)N2CCN(C)CC2)n1. The van der Waals surface area contributed by atoms with Gasteiger partial charge in [-0.2, -0.15) is 0 Å². The van der Waals surface area contributed by atoms with Gasteiger partial charge in [-0.15, -0.1) is 0 Å². The summed E-state index contributed by atoms with van der Waals surface area (Å²) in [6.07, 6.45) is 1.57. The molecule has 1 aromatic carbocycles. The van der Waals surface area contributed by atoms with E-state index in [4.69, 9.17) is 16.3 Å². The highest BCUT2D eigenvalue weighted by Gasteiger charge is 2.21. The molecule has 1 aliphatic heterocycles. The Kier molecular flexibility index (Phi) is 5.35. The van der Waals surface area contributed by atoms with Crippen LogP contribution in [0.2, 0.25) is 5.02 Å². The average molecular weight is 362 g/mol. The lowest BCUT2D eigenvalue weighted by atomic mass is 10.3. The van der Waals surface area contributed by atoms with Crippen LogP contribution in [0, 0.1) is 0 Å². The third-order valence-electron chi connectivity index (χ3n) is 4.07. The Bertz CT molecular complexity index is 762. The van der Waals surface area contributed by atoms with Gasteiger partial charge < -0.3 is 19.9 Å². The quantitative estimate of drug-likeness (QED) is 0.900. The maximum absolute atomic E-state index is 12.6. The van der Waals surface area contributed by atoms with Gasteiger partial charge in [-0.25, -0.2) is 9.97 Å². The Morgan fingerprint density at radius 3 is 2.72 bits per heavy atom. The molecule has 1 aromatic heterocycles. The van der Waals surface area contributed by atoms with Crippen molar-refractivity contribution in [1.29, 1.82) is 0 Å². The molecule has 0 radical (unpaired) electrons. The zero-order valence-corrected chi connectivity index (χ0v) is 15.0. The Morgan fingerprint density at radius 2 is 2.00 bits per heavy atom. The van der Waals surface area contributed by atoms with Gasteiger partial charge in [-0.3, -0.25) is 4.79 Å². The standard InChI is InChI=1S/C17H20ClN5O2/c1-22-7-9-23(10-8-22)16(24)13-5-6-19-17(20-13)21-14-11-12(18)3-4-15(14)25-2/h3-6,11H,7-10H2,1-2H3,(H,19,20,21). The number of nitrogens with one attached hydrogen (secondary N) is 1. The van der Waals surface area contributed by atoms with Crippen molar-refractivity contribution in [3.8, 4) is 5.75 Å². The number of nitrogens with zero attached hydrogens (tertiary/aromatic N) is 4. The molecule has 0 saturated carbocycles. The largest absolute Gasteiger partial charge is 0.495 e. The lowest BCUT2D eigenvalue weighted by molar-refractivity contribution is 0.0658. The highest BCUT2D eigenvalue weighted by Crippen LogP contribution is 2.29. The van der Waals surface area contributed by atoms with Gasteiger partial charge in [0.25, 0.3) is 5.91 Å². The minimum atomic E-state index is -0.0865. The number of amides is 1. The second-order valence-corrected chi connectivity index (χ2v) is 6.27. The molecule has 2 heterocycles. The fourth-order valence-corrected chi connectivity index (χ4v) is 2.78. The maximum atomic E-state index is 12.6. The molecule has 1 amide bonds. The van der Waals surface area contributed by atoms with Crippen LogP contribution in [0.25, 0.3) is 0 Å². The summed E-state index contributed by atoms with van der Waals surface area (Å²) in [7, 11) is 3.62. The summed E-state index contributed by atoms with van der Waals surface area (Å²) in [6, 6.07) is 6.84. The van der Waals surface area contributed by atoms with Crippen molar-refractivity contribution in [2.75, 3.05) is 45.7 Å². The van der Waals surface area contributed by atoms with Crippen molar-refractivity contribution in [1.82, 2.24) is 19.8 Å². The first-order valence-corrected chi connectivity index (χ1v) is 8.36. The molecule has 0 bridgehead atoms. The van der Waals surface area contributed by atoms with Crippen LogP contribution >= 0.6 is 11.6 Å². The van der Waals surface area contributed by atoms with Crippen molar-refractivity contribution in [2.24, 2.45) is 0 Å². The van der Waals surface area contributed by atoms with Crippen LogP contribution < -0.4 is 10.1 Å². The molecule has 132 valence electrons. The van der Waals surface area contributed by atoms with Gasteiger partial charge in [0, 0.05) is 37.4 Å². The lowest BCUT2D eigenvalue weighted by Crippen LogP contribution is -2.47. The van der Waals surface area contributed by atoms with Crippen LogP contribution in [0.3, 0.4) is 0 Å². The molecule has 8 heteroatoms. The predicted octanol–water partition coefficient (Wildman–Crippen LogP) is 2.27. The van der Waals surface area contributed by atoms with Crippen molar-refractivity contribution in [3.05, 3.63) is 41.2 Å². The first kappa shape index (κ1) is 17.4. The van der Waals surface area contributed by atoms with Gasteiger partial charge in [-0.05, 0) is 31.3 Å². The Labute approximate surface area is 151 Å². The third-order valence-corrected chi connectivity index (χ3v) is 4.31. The van der Waals surface area contributed by atoms with Crippen molar-refractivity contribution < 1.29 is 9.53 Å². The fourth-order valence-electron chi connectivity index (χ4n) is 2.61. The summed E-state index contributed by atoms with van der Waals surface area (Å²) in [5.41, 5.74) is 1.00. The fraction of sp³-hybridized carbons (Fsp3) is 0.353. The van der Waals surface area contributed by atoms with E-state index in [-0.39, 0.29) is 5.91 Å². The number of ether oxygens (including phenoxy) is 1. The van der Waals surface area contributed by atoms with Gasteiger partial charge >= 0.3 is 0 Å². The van der Waals surface area contributed by atoms with E-state index in [1.165, 1.54) is 0 Å². The summed E-state index contributed by atoms with van der Waals surface area (Å²) in [4.78, 5) is 25.2. The van der Waals surface area contributed by atoms with E-state index < -0.39 is 0 Å². The zero-order valence-electron chi connectivity index (χ0n) is 14.2. The van der Waals surface area contributed by atoms with E-state index in [1.54, 1.807) is 37.6 Å². The summed E-state index contributed by atoms with van der Waals surface area (Å²) < 4.78 is 5.30. The number of piperazine rings is 1. The molecule has 25 heavy (non-hydrogen) atoms. The summed E-state index contributed by atoms with van der Waals surface area (Å²) >= 11 is 6.03. The normalized spacial score (nSPS) is 15.1. The Hall–Kier alpha value is -2.38. The highest BCUT2D eigenvalue weighted by atomic mass is 35.5. The number of anilines is 2. The van der Waals surface area contributed by atoms with Gasteiger partial charge in [0.2, 0.25) is 5.95 Å². The molecule has 0 unspecified atom stereocenters. The maximum Gasteiger partial charge on any atom is 0.272 e. The molecule has 1 saturated heterocycles. The smallest absolute Gasteiger partial charge is 0.272 e. The molecule has 1 aliphatic rings. The number of hydrogen-bond acceptors (Lipinski definition) is 6. The first-order valence-electron chi connectivity index (χ1n) is 7.98. The van der Waals surface area contributed by atoms with E-state index in [9.17, 15) is 4.79 Å². The topological polar surface area (TPSA) is 70.6 Å². The molecule has 0 aliphatic carbocycles. The number of rotatable bonds is 4. The van der Waals surface area contributed by atoms with E-state index in [2.05, 4.69) is 20.2 Å². The second kappa shape index (κ2) is 7.67. The van der Waals surface area contributed by atoms with E-state index >= 15 is 0 Å². The van der Waals surface area contributed by atoms with Crippen molar-refractivity contribution in [3.63, 3.8) is 0 Å². The second-order valence-electron chi connectivity index (χ2n) is 5.83. The number of benzene rings is 1. The van der Waals surface area contributed by atoms with Crippen molar-refractivity contribution in [2.45, 2.75) is 0 Å². The molecule has 2 aromatic rings. The number of carbonyl (C=O) groups is 1. The van der Waals surface area contributed by atoms with Crippen LogP contribution in [-0.2, 0) is 0 Å².